The van der Waals surface area contributed by atoms with Crippen LogP contribution < -0.4 is 5.32 Å². The minimum absolute atomic E-state index is 0.0255. The summed E-state index contributed by atoms with van der Waals surface area (Å²) in [5.74, 6) is 0. The van der Waals surface area contributed by atoms with E-state index in [-0.39, 0.29) is 23.5 Å². The van der Waals surface area contributed by atoms with Crippen molar-refractivity contribution in [2.75, 3.05) is 6.54 Å². The number of carboxylic acid groups (broad SMARTS) is 1. The number of carbonyl (C=O) groups is 1. The van der Waals surface area contributed by atoms with Crippen LogP contribution in [0.3, 0.4) is 0 Å². The van der Waals surface area contributed by atoms with Gasteiger partial charge in [0.15, 0.2) is 0 Å². The van der Waals surface area contributed by atoms with Gasteiger partial charge in [-0.1, -0.05) is 63.2 Å². The van der Waals surface area contributed by atoms with Crippen LogP contribution in [-0.2, 0) is 0 Å². The molecule has 2 aromatic rings. The molecular formula is C21H28N2O2. The number of hydrogen-bond donors (Lipinski definition) is 2. The third-order valence-corrected chi connectivity index (χ3v) is 5.28. The fraction of sp³-hybridized carbons (Fsp3) is 0.476. The van der Waals surface area contributed by atoms with Gasteiger partial charge in [-0.25, -0.2) is 4.79 Å². The van der Waals surface area contributed by atoms with E-state index in [0.717, 1.165) is 6.42 Å². The fourth-order valence-electron chi connectivity index (χ4n) is 4.29. The molecule has 25 heavy (non-hydrogen) atoms. The van der Waals surface area contributed by atoms with Gasteiger partial charge >= 0.3 is 6.09 Å². The second kappa shape index (κ2) is 6.68. The van der Waals surface area contributed by atoms with E-state index in [1.54, 1.807) is 4.90 Å². The minimum Gasteiger partial charge on any atom is -0.465 e. The van der Waals surface area contributed by atoms with Crippen LogP contribution in [0.2, 0.25) is 0 Å². The van der Waals surface area contributed by atoms with Crippen LogP contribution in [0.1, 0.15) is 45.7 Å². The van der Waals surface area contributed by atoms with E-state index in [2.05, 4.69) is 75.5 Å². The molecule has 1 fully saturated rings. The van der Waals surface area contributed by atoms with Crippen molar-refractivity contribution in [3.05, 3.63) is 48.0 Å². The fourth-order valence-corrected chi connectivity index (χ4v) is 4.29. The molecule has 2 aromatic carbocycles. The third-order valence-electron chi connectivity index (χ3n) is 5.28. The van der Waals surface area contributed by atoms with E-state index in [1.807, 2.05) is 0 Å². The monoisotopic (exact) mass is 340 g/mol. The summed E-state index contributed by atoms with van der Waals surface area (Å²) in [7, 11) is 0. The average molecular weight is 340 g/mol. The maximum Gasteiger partial charge on any atom is 0.407 e. The maximum absolute atomic E-state index is 11.6. The Balaban J connectivity index is 1.86. The number of rotatable bonds is 3. The molecule has 3 unspecified atom stereocenters. The van der Waals surface area contributed by atoms with Gasteiger partial charge in [-0.05, 0) is 35.1 Å². The smallest absolute Gasteiger partial charge is 0.407 e. The van der Waals surface area contributed by atoms with E-state index < -0.39 is 6.09 Å². The average Bonchev–Trinajstić information content (AvgIpc) is 2.98. The lowest BCUT2D eigenvalue weighted by Gasteiger charge is -2.38. The Labute approximate surface area is 149 Å². The van der Waals surface area contributed by atoms with Gasteiger partial charge in [0, 0.05) is 18.6 Å². The van der Waals surface area contributed by atoms with Crippen molar-refractivity contribution >= 4 is 16.9 Å². The molecule has 134 valence electrons. The number of nitrogens with one attached hydrogen (secondary N) is 1. The van der Waals surface area contributed by atoms with Gasteiger partial charge in [0.1, 0.15) is 0 Å². The van der Waals surface area contributed by atoms with Crippen molar-refractivity contribution in [2.45, 2.75) is 52.2 Å². The van der Waals surface area contributed by atoms with Crippen molar-refractivity contribution in [2.24, 2.45) is 5.41 Å². The first-order valence-corrected chi connectivity index (χ1v) is 9.02. The zero-order valence-corrected chi connectivity index (χ0v) is 15.5. The molecule has 3 rings (SSSR count). The van der Waals surface area contributed by atoms with Crippen LogP contribution in [0.15, 0.2) is 42.5 Å². The molecule has 1 saturated heterocycles. The SMILES string of the molecule is CC(NC1CCN(C(=O)O)C1C(C)(C)C)c1cccc2ccccc12. The predicted molar refractivity (Wildman–Crippen MR) is 102 cm³/mol. The summed E-state index contributed by atoms with van der Waals surface area (Å²) in [6.07, 6.45) is 0.0330. The lowest BCUT2D eigenvalue weighted by molar-refractivity contribution is 0.0957. The summed E-state index contributed by atoms with van der Waals surface area (Å²) in [6.45, 7) is 9.13. The zero-order chi connectivity index (χ0) is 18.2. The van der Waals surface area contributed by atoms with Crippen LogP contribution in [0.5, 0.6) is 0 Å². The number of amides is 1. The molecule has 3 atom stereocenters. The van der Waals surface area contributed by atoms with Crippen molar-refractivity contribution in [1.82, 2.24) is 10.2 Å². The van der Waals surface area contributed by atoms with Gasteiger partial charge < -0.3 is 15.3 Å². The Morgan fingerprint density at radius 2 is 1.88 bits per heavy atom. The molecule has 4 heteroatoms. The van der Waals surface area contributed by atoms with E-state index >= 15 is 0 Å². The molecular weight excluding hydrogens is 312 g/mol. The molecule has 2 N–H and O–H groups in total. The van der Waals surface area contributed by atoms with Gasteiger partial charge in [-0.15, -0.1) is 0 Å². The van der Waals surface area contributed by atoms with E-state index in [1.165, 1.54) is 16.3 Å². The molecule has 0 aliphatic carbocycles. The van der Waals surface area contributed by atoms with Crippen LogP contribution in [-0.4, -0.2) is 34.7 Å². The lowest BCUT2D eigenvalue weighted by Crippen LogP contribution is -2.52. The highest BCUT2D eigenvalue weighted by Gasteiger charge is 2.44. The van der Waals surface area contributed by atoms with Crippen LogP contribution in [0.25, 0.3) is 10.8 Å². The number of nitrogens with zero attached hydrogens (tertiary/aromatic N) is 1. The second-order valence-corrected chi connectivity index (χ2v) is 8.14. The van der Waals surface area contributed by atoms with Crippen molar-refractivity contribution in [3.63, 3.8) is 0 Å². The summed E-state index contributed by atoms with van der Waals surface area (Å²) >= 11 is 0. The minimum atomic E-state index is -0.818. The molecule has 0 saturated carbocycles. The standard InChI is InChI=1S/C21H28N2O2/c1-14(16-11-7-9-15-8-5-6-10-17(15)16)22-18-12-13-23(20(24)25)19(18)21(2,3)4/h5-11,14,18-19,22H,12-13H2,1-4H3,(H,24,25). The van der Waals surface area contributed by atoms with Crippen LogP contribution >= 0.6 is 0 Å². The lowest BCUT2D eigenvalue weighted by atomic mass is 9.82. The largest absolute Gasteiger partial charge is 0.465 e. The van der Waals surface area contributed by atoms with E-state index in [4.69, 9.17) is 0 Å². The quantitative estimate of drug-likeness (QED) is 0.854. The molecule has 0 spiro atoms. The summed E-state index contributed by atoms with van der Waals surface area (Å²) < 4.78 is 0. The Morgan fingerprint density at radius 1 is 1.20 bits per heavy atom. The second-order valence-electron chi connectivity index (χ2n) is 8.14. The molecule has 1 aliphatic rings. The first-order chi connectivity index (χ1) is 11.8. The molecule has 1 aliphatic heterocycles. The third kappa shape index (κ3) is 3.49. The van der Waals surface area contributed by atoms with E-state index in [0.29, 0.717) is 6.54 Å². The van der Waals surface area contributed by atoms with Crippen molar-refractivity contribution in [3.8, 4) is 0 Å². The summed E-state index contributed by atoms with van der Waals surface area (Å²) in [5.41, 5.74) is 1.16. The Bertz CT molecular complexity index is 761. The van der Waals surface area contributed by atoms with Crippen LogP contribution in [0, 0.1) is 5.41 Å². The number of likely N-dealkylation sites (tertiary alicyclic amines) is 1. The number of fused-ring (bicyclic) bond motifs is 1. The highest BCUT2D eigenvalue weighted by Crippen LogP contribution is 2.35. The first-order valence-electron chi connectivity index (χ1n) is 9.02. The van der Waals surface area contributed by atoms with Gasteiger partial charge in [-0.2, -0.15) is 0 Å². The van der Waals surface area contributed by atoms with Gasteiger partial charge in [0.05, 0.1) is 6.04 Å². The summed E-state index contributed by atoms with van der Waals surface area (Å²) in [5, 5.41) is 15.8. The van der Waals surface area contributed by atoms with Crippen LogP contribution in [0.4, 0.5) is 4.79 Å². The molecule has 0 radical (unpaired) electrons. The van der Waals surface area contributed by atoms with Crippen molar-refractivity contribution < 1.29 is 9.90 Å². The topological polar surface area (TPSA) is 52.6 Å². The van der Waals surface area contributed by atoms with Crippen molar-refractivity contribution in [1.29, 1.82) is 0 Å². The normalized spacial score (nSPS) is 22.3. The molecule has 1 amide bonds. The maximum atomic E-state index is 11.6. The van der Waals surface area contributed by atoms with Gasteiger partial charge in [0.2, 0.25) is 0 Å². The molecule has 4 nitrogen and oxygen atoms in total. The zero-order valence-electron chi connectivity index (χ0n) is 15.5. The first kappa shape index (κ1) is 17.7. The Morgan fingerprint density at radius 3 is 2.56 bits per heavy atom. The molecule has 0 aromatic heterocycles. The highest BCUT2D eigenvalue weighted by molar-refractivity contribution is 5.86. The highest BCUT2D eigenvalue weighted by atomic mass is 16.4. The number of benzene rings is 2. The predicted octanol–water partition coefficient (Wildman–Crippen LogP) is 4.66. The molecule has 0 bridgehead atoms. The van der Waals surface area contributed by atoms with Gasteiger partial charge in [0.25, 0.3) is 0 Å². The molecule has 1 heterocycles. The van der Waals surface area contributed by atoms with Gasteiger partial charge in [-0.3, -0.25) is 0 Å². The summed E-state index contributed by atoms with van der Waals surface area (Å²) in [6, 6.07) is 15.1. The summed E-state index contributed by atoms with van der Waals surface area (Å²) in [4.78, 5) is 13.2. The Kier molecular flexibility index (Phi) is 4.74. The van der Waals surface area contributed by atoms with E-state index in [9.17, 15) is 9.90 Å². The Hall–Kier alpha value is -2.07. The number of hydrogen-bond acceptors (Lipinski definition) is 2.